The van der Waals surface area contributed by atoms with Crippen molar-refractivity contribution in [3.63, 3.8) is 0 Å². The number of benzene rings is 3. The van der Waals surface area contributed by atoms with E-state index in [1.807, 2.05) is 78.9 Å². The number of hydrogen-bond donors (Lipinski definition) is 1. The molecule has 0 bridgehead atoms. The quantitative estimate of drug-likeness (QED) is 0.321. The molecule has 0 amide bonds. The molecule has 0 saturated carbocycles. The Kier molecular flexibility index (Phi) is 5.24. The maximum Gasteiger partial charge on any atom is 0.322 e. The predicted molar refractivity (Wildman–Crippen MR) is 125 cm³/mol. The molecule has 0 atom stereocenters. The highest BCUT2D eigenvalue weighted by molar-refractivity contribution is 9.10. The zero-order valence-corrected chi connectivity index (χ0v) is 17.8. The first kappa shape index (κ1) is 19.1. The molecule has 0 fully saturated rings. The smallest absolute Gasteiger partial charge is 0.322 e. The van der Waals surface area contributed by atoms with Crippen molar-refractivity contribution in [2.24, 2.45) is 0 Å². The summed E-state index contributed by atoms with van der Waals surface area (Å²) in [6, 6.07) is 25.9. The van der Waals surface area contributed by atoms with Gasteiger partial charge in [0.05, 0.1) is 22.6 Å². The topological polar surface area (TPSA) is 72.8 Å². The number of fused-ring (bicyclic) bond motifs is 1. The highest BCUT2D eigenvalue weighted by Gasteiger charge is 2.11. The molecule has 2 heterocycles. The Labute approximate surface area is 187 Å². The van der Waals surface area contributed by atoms with Crippen LogP contribution in [0.4, 0.5) is 11.5 Å². The molecule has 150 valence electrons. The number of ether oxygens (including phenoxy) is 1. The summed E-state index contributed by atoms with van der Waals surface area (Å²) < 4.78 is 6.56. The fraction of sp³-hybridized carbons (Fsp3) is 0. The SMILES string of the molecule is Brc1ccccc1Oc1ncc(Nc2nnc(-c3ccccc3)c3ccccc23)cn1. The molecule has 5 rings (SSSR count). The largest absolute Gasteiger partial charge is 0.423 e. The highest BCUT2D eigenvalue weighted by atomic mass is 79.9. The van der Waals surface area contributed by atoms with E-state index in [-0.39, 0.29) is 6.01 Å². The number of nitrogens with one attached hydrogen (secondary N) is 1. The van der Waals surface area contributed by atoms with E-state index in [1.54, 1.807) is 12.4 Å². The minimum atomic E-state index is 0.257. The number of anilines is 2. The monoisotopic (exact) mass is 469 g/mol. The van der Waals surface area contributed by atoms with Crippen molar-refractivity contribution >= 4 is 38.2 Å². The number of aromatic nitrogens is 4. The van der Waals surface area contributed by atoms with Crippen LogP contribution in [-0.2, 0) is 0 Å². The zero-order chi connectivity index (χ0) is 21.0. The third-order valence-corrected chi connectivity index (χ3v) is 5.32. The van der Waals surface area contributed by atoms with Crippen LogP contribution in [0, 0.1) is 0 Å². The molecular weight excluding hydrogens is 454 g/mol. The lowest BCUT2D eigenvalue weighted by Crippen LogP contribution is -2.00. The molecule has 5 aromatic rings. The predicted octanol–water partition coefficient (Wildman–Crippen LogP) is 6.39. The Morgan fingerprint density at radius 1 is 0.710 bits per heavy atom. The highest BCUT2D eigenvalue weighted by Crippen LogP contribution is 2.31. The summed E-state index contributed by atoms with van der Waals surface area (Å²) in [4.78, 5) is 8.58. The maximum atomic E-state index is 5.72. The van der Waals surface area contributed by atoms with E-state index in [1.165, 1.54) is 0 Å². The van der Waals surface area contributed by atoms with Gasteiger partial charge >= 0.3 is 6.01 Å². The van der Waals surface area contributed by atoms with Crippen LogP contribution in [0.2, 0.25) is 0 Å². The molecule has 0 saturated heterocycles. The van der Waals surface area contributed by atoms with Crippen LogP contribution < -0.4 is 10.1 Å². The Hall–Kier alpha value is -3.84. The number of nitrogens with zero attached hydrogens (tertiary/aromatic N) is 4. The molecule has 7 heteroatoms. The molecule has 0 aliphatic carbocycles. The van der Waals surface area contributed by atoms with Crippen LogP contribution in [0.1, 0.15) is 0 Å². The van der Waals surface area contributed by atoms with Crippen molar-refractivity contribution in [3.8, 4) is 23.0 Å². The zero-order valence-electron chi connectivity index (χ0n) is 16.2. The molecule has 0 aliphatic rings. The van der Waals surface area contributed by atoms with Gasteiger partial charge in [-0.15, -0.1) is 10.2 Å². The summed E-state index contributed by atoms with van der Waals surface area (Å²) in [5.74, 6) is 1.29. The molecule has 0 aliphatic heterocycles. The first-order valence-corrected chi connectivity index (χ1v) is 10.4. The van der Waals surface area contributed by atoms with Gasteiger partial charge in [0.2, 0.25) is 0 Å². The van der Waals surface area contributed by atoms with Crippen LogP contribution in [-0.4, -0.2) is 20.2 Å². The number of para-hydroxylation sites is 1. The van der Waals surface area contributed by atoms with Gasteiger partial charge in [0.25, 0.3) is 0 Å². The Balaban J connectivity index is 1.43. The average molecular weight is 470 g/mol. The number of hydrogen-bond acceptors (Lipinski definition) is 6. The van der Waals surface area contributed by atoms with Gasteiger partial charge in [-0.2, -0.15) is 0 Å². The third kappa shape index (κ3) is 4.08. The summed E-state index contributed by atoms with van der Waals surface area (Å²) in [7, 11) is 0. The van der Waals surface area contributed by atoms with E-state index in [0.29, 0.717) is 17.3 Å². The molecule has 2 aromatic heterocycles. The lowest BCUT2D eigenvalue weighted by Gasteiger charge is -2.11. The summed E-state index contributed by atoms with van der Waals surface area (Å²) in [5.41, 5.74) is 2.55. The first-order chi connectivity index (χ1) is 15.3. The summed E-state index contributed by atoms with van der Waals surface area (Å²) in [5, 5.41) is 14.1. The van der Waals surface area contributed by atoms with Gasteiger partial charge in [0.15, 0.2) is 5.82 Å². The van der Waals surface area contributed by atoms with Gasteiger partial charge in [0, 0.05) is 16.3 Å². The van der Waals surface area contributed by atoms with Gasteiger partial charge in [-0.25, -0.2) is 9.97 Å². The lowest BCUT2D eigenvalue weighted by molar-refractivity contribution is 0.439. The van der Waals surface area contributed by atoms with E-state index < -0.39 is 0 Å². The molecule has 0 spiro atoms. The van der Waals surface area contributed by atoms with E-state index in [0.717, 1.165) is 26.5 Å². The summed E-state index contributed by atoms with van der Waals surface area (Å²) in [6.07, 6.45) is 3.31. The van der Waals surface area contributed by atoms with Gasteiger partial charge in [-0.05, 0) is 28.1 Å². The molecule has 0 unspecified atom stereocenters. The molecule has 3 aromatic carbocycles. The van der Waals surface area contributed by atoms with Crippen LogP contribution in [0.5, 0.6) is 11.8 Å². The van der Waals surface area contributed by atoms with Crippen LogP contribution >= 0.6 is 15.9 Å². The Morgan fingerprint density at radius 3 is 2.16 bits per heavy atom. The van der Waals surface area contributed by atoms with E-state index in [2.05, 4.69) is 41.4 Å². The average Bonchev–Trinajstić information content (AvgIpc) is 2.82. The minimum Gasteiger partial charge on any atom is -0.423 e. The molecule has 6 nitrogen and oxygen atoms in total. The van der Waals surface area contributed by atoms with Gasteiger partial charge in [0.1, 0.15) is 11.4 Å². The van der Waals surface area contributed by atoms with Crippen LogP contribution in [0.3, 0.4) is 0 Å². The van der Waals surface area contributed by atoms with Crippen molar-refractivity contribution in [1.82, 2.24) is 20.2 Å². The fourth-order valence-electron chi connectivity index (χ4n) is 3.20. The second-order valence-electron chi connectivity index (χ2n) is 6.72. The summed E-state index contributed by atoms with van der Waals surface area (Å²) in [6.45, 7) is 0. The summed E-state index contributed by atoms with van der Waals surface area (Å²) >= 11 is 3.45. The normalized spacial score (nSPS) is 10.7. The number of halogens is 1. The molecule has 0 radical (unpaired) electrons. The van der Waals surface area contributed by atoms with Crippen molar-refractivity contribution in [3.05, 3.63) is 95.7 Å². The van der Waals surface area contributed by atoms with Crippen molar-refractivity contribution in [2.75, 3.05) is 5.32 Å². The lowest BCUT2D eigenvalue weighted by atomic mass is 10.0. The Bertz CT molecular complexity index is 1340. The Morgan fingerprint density at radius 2 is 1.39 bits per heavy atom. The van der Waals surface area contributed by atoms with Crippen molar-refractivity contribution < 1.29 is 4.74 Å². The third-order valence-electron chi connectivity index (χ3n) is 4.66. The van der Waals surface area contributed by atoms with Gasteiger partial charge in [-0.3, -0.25) is 0 Å². The molecular formula is C24H16BrN5O. The number of rotatable bonds is 5. The van der Waals surface area contributed by atoms with E-state index >= 15 is 0 Å². The van der Waals surface area contributed by atoms with Crippen molar-refractivity contribution in [2.45, 2.75) is 0 Å². The van der Waals surface area contributed by atoms with Gasteiger partial charge in [-0.1, -0.05) is 66.7 Å². The second kappa shape index (κ2) is 8.49. The van der Waals surface area contributed by atoms with Crippen LogP contribution in [0.15, 0.2) is 95.7 Å². The molecule has 1 N–H and O–H groups in total. The first-order valence-electron chi connectivity index (χ1n) is 9.60. The minimum absolute atomic E-state index is 0.257. The second-order valence-corrected chi connectivity index (χ2v) is 7.57. The van der Waals surface area contributed by atoms with E-state index in [9.17, 15) is 0 Å². The fourth-order valence-corrected chi connectivity index (χ4v) is 3.57. The van der Waals surface area contributed by atoms with Crippen LogP contribution in [0.25, 0.3) is 22.0 Å². The standard InChI is InChI=1S/C24H16BrN5O/c25-20-12-6-7-13-21(20)31-24-26-14-17(15-27-24)28-23-19-11-5-4-10-18(19)22(29-30-23)16-8-2-1-3-9-16/h1-15H,(H,28,30). The van der Waals surface area contributed by atoms with Crippen molar-refractivity contribution in [1.29, 1.82) is 0 Å². The molecule has 31 heavy (non-hydrogen) atoms. The maximum absolute atomic E-state index is 5.72. The van der Waals surface area contributed by atoms with Gasteiger partial charge < -0.3 is 10.1 Å². The van der Waals surface area contributed by atoms with E-state index in [4.69, 9.17) is 4.74 Å².